The lowest BCUT2D eigenvalue weighted by Crippen LogP contribution is -1.99. The van der Waals surface area contributed by atoms with Crippen LogP contribution in [0.5, 0.6) is 0 Å². The smallest absolute Gasteiger partial charge is 0.0184 e. The molecule has 0 saturated carbocycles. The van der Waals surface area contributed by atoms with E-state index >= 15 is 0 Å². The van der Waals surface area contributed by atoms with E-state index in [2.05, 4.69) is 63.2 Å². The zero-order valence-electron chi connectivity index (χ0n) is 12.1. The standard InChI is InChI=1S/C18H23N/c1-4-14(3)15-7-9-16(10-8-15)18-11-13(2)5-6-17(18)12-19/h5-11,14H,4,12,19H2,1-3H3. The van der Waals surface area contributed by atoms with E-state index in [9.17, 15) is 0 Å². The highest BCUT2D eigenvalue weighted by Crippen LogP contribution is 2.27. The molecule has 1 heteroatoms. The summed E-state index contributed by atoms with van der Waals surface area (Å²) in [6.07, 6.45) is 1.18. The minimum absolute atomic E-state index is 0.586. The molecule has 0 bridgehead atoms. The summed E-state index contributed by atoms with van der Waals surface area (Å²) in [5, 5.41) is 0. The molecule has 19 heavy (non-hydrogen) atoms. The van der Waals surface area contributed by atoms with E-state index in [1.54, 1.807) is 0 Å². The molecule has 100 valence electrons. The Bertz CT molecular complexity index is 540. The van der Waals surface area contributed by atoms with E-state index in [0.717, 1.165) is 0 Å². The van der Waals surface area contributed by atoms with Crippen LogP contribution < -0.4 is 5.73 Å². The van der Waals surface area contributed by atoms with Crippen molar-refractivity contribution >= 4 is 0 Å². The van der Waals surface area contributed by atoms with Crippen LogP contribution in [0, 0.1) is 6.92 Å². The van der Waals surface area contributed by atoms with Gasteiger partial charge in [-0.2, -0.15) is 0 Å². The number of benzene rings is 2. The molecule has 0 radical (unpaired) electrons. The van der Waals surface area contributed by atoms with Gasteiger partial charge in [-0.25, -0.2) is 0 Å². The summed E-state index contributed by atoms with van der Waals surface area (Å²) in [4.78, 5) is 0. The molecule has 2 aromatic carbocycles. The topological polar surface area (TPSA) is 26.0 Å². The van der Waals surface area contributed by atoms with E-state index < -0.39 is 0 Å². The van der Waals surface area contributed by atoms with Crippen LogP contribution in [0.3, 0.4) is 0 Å². The number of nitrogens with two attached hydrogens (primary N) is 1. The van der Waals surface area contributed by atoms with E-state index in [1.807, 2.05) is 0 Å². The van der Waals surface area contributed by atoms with E-state index in [1.165, 1.54) is 34.2 Å². The molecule has 0 aliphatic rings. The van der Waals surface area contributed by atoms with Crippen molar-refractivity contribution in [1.82, 2.24) is 0 Å². The van der Waals surface area contributed by atoms with Crippen LogP contribution in [-0.4, -0.2) is 0 Å². The molecule has 0 aliphatic carbocycles. The van der Waals surface area contributed by atoms with Crippen LogP contribution in [0.4, 0.5) is 0 Å². The predicted molar refractivity (Wildman–Crippen MR) is 83.2 cm³/mol. The zero-order chi connectivity index (χ0) is 13.8. The van der Waals surface area contributed by atoms with Crippen molar-refractivity contribution in [2.24, 2.45) is 5.73 Å². The molecule has 0 saturated heterocycles. The first kappa shape index (κ1) is 13.8. The molecular weight excluding hydrogens is 230 g/mol. The summed E-state index contributed by atoms with van der Waals surface area (Å²) in [7, 11) is 0. The molecule has 0 spiro atoms. The fraction of sp³-hybridized carbons (Fsp3) is 0.333. The van der Waals surface area contributed by atoms with Crippen molar-refractivity contribution in [3.63, 3.8) is 0 Å². The van der Waals surface area contributed by atoms with Gasteiger partial charge in [-0.3, -0.25) is 0 Å². The summed E-state index contributed by atoms with van der Waals surface area (Å²) in [6.45, 7) is 7.21. The van der Waals surface area contributed by atoms with Crippen molar-refractivity contribution in [1.29, 1.82) is 0 Å². The second-order valence-corrected chi connectivity index (χ2v) is 5.30. The highest BCUT2D eigenvalue weighted by atomic mass is 14.5. The SMILES string of the molecule is CCC(C)c1ccc(-c2cc(C)ccc2CN)cc1. The van der Waals surface area contributed by atoms with Gasteiger partial charge in [-0.15, -0.1) is 0 Å². The summed E-state index contributed by atoms with van der Waals surface area (Å²) >= 11 is 0. The quantitative estimate of drug-likeness (QED) is 0.844. The van der Waals surface area contributed by atoms with E-state index in [-0.39, 0.29) is 0 Å². The van der Waals surface area contributed by atoms with Gasteiger partial charge < -0.3 is 5.73 Å². The molecule has 0 heterocycles. The van der Waals surface area contributed by atoms with Gasteiger partial charge in [0.05, 0.1) is 0 Å². The highest BCUT2D eigenvalue weighted by Gasteiger charge is 2.06. The minimum Gasteiger partial charge on any atom is -0.326 e. The van der Waals surface area contributed by atoms with Gasteiger partial charge >= 0.3 is 0 Å². The molecule has 0 aliphatic heterocycles. The lowest BCUT2D eigenvalue weighted by atomic mass is 9.93. The lowest BCUT2D eigenvalue weighted by molar-refractivity contribution is 0.734. The number of rotatable bonds is 4. The molecule has 2 N–H and O–H groups in total. The third kappa shape index (κ3) is 3.05. The van der Waals surface area contributed by atoms with Crippen molar-refractivity contribution in [2.45, 2.75) is 39.7 Å². The molecule has 1 nitrogen and oxygen atoms in total. The first-order chi connectivity index (χ1) is 9.15. The Balaban J connectivity index is 2.39. The molecule has 0 fully saturated rings. The van der Waals surface area contributed by atoms with Crippen LogP contribution in [0.15, 0.2) is 42.5 Å². The molecule has 0 aromatic heterocycles. The molecule has 1 atom stereocenters. The van der Waals surface area contributed by atoms with Crippen LogP contribution in [0.1, 0.15) is 42.9 Å². The number of hydrogen-bond acceptors (Lipinski definition) is 1. The Kier molecular flexibility index (Phi) is 4.39. The first-order valence-electron chi connectivity index (χ1n) is 7.05. The van der Waals surface area contributed by atoms with Crippen LogP contribution in [0.25, 0.3) is 11.1 Å². The molecular formula is C18H23N. The number of aryl methyl sites for hydroxylation is 1. The van der Waals surface area contributed by atoms with Gasteiger partial charge in [0.2, 0.25) is 0 Å². The Hall–Kier alpha value is -1.60. The first-order valence-corrected chi connectivity index (χ1v) is 7.05. The molecule has 0 amide bonds. The Morgan fingerprint density at radius 3 is 2.32 bits per heavy atom. The van der Waals surface area contributed by atoms with Crippen LogP contribution in [-0.2, 0) is 6.54 Å². The Morgan fingerprint density at radius 2 is 1.74 bits per heavy atom. The Morgan fingerprint density at radius 1 is 1.05 bits per heavy atom. The number of hydrogen-bond donors (Lipinski definition) is 1. The van der Waals surface area contributed by atoms with E-state index in [4.69, 9.17) is 5.73 Å². The molecule has 2 rings (SSSR count). The predicted octanol–water partition coefficient (Wildman–Crippen LogP) is 4.63. The van der Waals surface area contributed by atoms with Crippen LogP contribution in [0.2, 0.25) is 0 Å². The average molecular weight is 253 g/mol. The lowest BCUT2D eigenvalue weighted by Gasteiger charge is -2.12. The van der Waals surface area contributed by atoms with Crippen molar-refractivity contribution < 1.29 is 0 Å². The summed E-state index contributed by atoms with van der Waals surface area (Å²) in [5.74, 6) is 0.625. The molecule has 2 aromatic rings. The second kappa shape index (κ2) is 6.03. The van der Waals surface area contributed by atoms with Gasteiger partial charge in [0.15, 0.2) is 0 Å². The minimum atomic E-state index is 0.586. The summed E-state index contributed by atoms with van der Waals surface area (Å²) < 4.78 is 0. The van der Waals surface area contributed by atoms with E-state index in [0.29, 0.717) is 12.5 Å². The maximum absolute atomic E-state index is 5.84. The van der Waals surface area contributed by atoms with Crippen molar-refractivity contribution in [3.8, 4) is 11.1 Å². The third-order valence-corrected chi connectivity index (χ3v) is 3.89. The normalized spacial score (nSPS) is 12.4. The van der Waals surface area contributed by atoms with Crippen molar-refractivity contribution in [3.05, 3.63) is 59.2 Å². The highest BCUT2D eigenvalue weighted by molar-refractivity contribution is 5.68. The van der Waals surface area contributed by atoms with Crippen LogP contribution >= 0.6 is 0 Å². The maximum Gasteiger partial charge on any atom is 0.0184 e. The maximum atomic E-state index is 5.84. The van der Waals surface area contributed by atoms with Gasteiger partial charge in [0, 0.05) is 6.54 Å². The average Bonchev–Trinajstić information content (AvgIpc) is 2.46. The largest absolute Gasteiger partial charge is 0.326 e. The van der Waals surface area contributed by atoms with Gasteiger partial charge in [0.25, 0.3) is 0 Å². The Labute approximate surface area is 116 Å². The molecule has 1 unspecified atom stereocenters. The van der Waals surface area contributed by atoms with Crippen molar-refractivity contribution in [2.75, 3.05) is 0 Å². The fourth-order valence-corrected chi connectivity index (χ4v) is 2.36. The summed E-state index contributed by atoms with van der Waals surface area (Å²) in [6, 6.07) is 15.4. The fourth-order valence-electron chi connectivity index (χ4n) is 2.36. The zero-order valence-corrected chi connectivity index (χ0v) is 12.1. The summed E-state index contributed by atoms with van der Waals surface area (Å²) in [5.41, 5.74) is 12.3. The monoisotopic (exact) mass is 253 g/mol. The van der Waals surface area contributed by atoms with Gasteiger partial charge in [0.1, 0.15) is 0 Å². The van der Waals surface area contributed by atoms with Gasteiger partial charge in [-0.1, -0.05) is 61.9 Å². The third-order valence-electron chi connectivity index (χ3n) is 3.89. The second-order valence-electron chi connectivity index (χ2n) is 5.30. The van der Waals surface area contributed by atoms with Gasteiger partial charge in [-0.05, 0) is 41.5 Å².